The zero-order valence-corrected chi connectivity index (χ0v) is 11.6. The molecule has 1 aromatic carbocycles. The maximum absolute atomic E-state index is 13.3. The van der Waals surface area contributed by atoms with Gasteiger partial charge in [-0.3, -0.25) is 4.79 Å². The first-order valence-corrected chi connectivity index (χ1v) is 6.80. The molecule has 1 atom stereocenters. The van der Waals surface area contributed by atoms with E-state index < -0.39 is 5.82 Å². The molecule has 1 aromatic rings. The zero-order chi connectivity index (χ0) is 14.1. The third-order valence-electron chi connectivity index (χ3n) is 2.84. The molecule has 0 aromatic heterocycles. The van der Waals surface area contributed by atoms with Gasteiger partial charge in [-0.2, -0.15) is 0 Å². The van der Waals surface area contributed by atoms with Crippen molar-refractivity contribution in [3.8, 4) is 5.75 Å². The second-order valence-electron chi connectivity index (χ2n) is 4.68. The highest BCUT2D eigenvalue weighted by Gasteiger charge is 2.09. The number of nitrogens with one attached hydrogen (secondary N) is 1. The highest BCUT2D eigenvalue weighted by molar-refractivity contribution is 5.77. The van der Waals surface area contributed by atoms with Crippen molar-refractivity contribution >= 4 is 5.91 Å². The number of unbranched alkanes of at least 4 members (excludes halogenated alkanes) is 2. The lowest BCUT2D eigenvalue weighted by atomic mass is 10.1. The second kappa shape index (κ2) is 8.51. The molecule has 3 nitrogen and oxygen atoms in total. The second-order valence-corrected chi connectivity index (χ2v) is 4.68. The van der Waals surface area contributed by atoms with E-state index in [9.17, 15) is 9.18 Å². The molecule has 0 aliphatic carbocycles. The van der Waals surface area contributed by atoms with Crippen molar-refractivity contribution in [2.45, 2.75) is 45.6 Å². The van der Waals surface area contributed by atoms with Crippen molar-refractivity contribution in [1.82, 2.24) is 5.32 Å². The van der Waals surface area contributed by atoms with Gasteiger partial charge in [0.05, 0.1) is 0 Å². The van der Waals surface area contributed by atoms with Crippen LogP contribution in [0.3, 0.4) is 0 Å². The lowest BCUT2D eigenvalue weighted by Gasteiger charge is -2.14. The Bertz CT molecular complexity index is 395. The summed E-state index contributed by atoms with van der Waals surface area (Å²) in [6.07, 6.45) is 4.40. The first kappa shape index (κ1) is 15.5. The molecule has 4 heteroatoms. The number of amides is 1. The molecule has 0 saturated heterocycles. The summed E-state index contributed by atoms with van der Waals surface area (Å²) in [5.41, 5.74) is 0. The van der Waals surface area contributed by atoms with E-state index in [1.165, 1.54) is 18.6 Å². The van der Waals surface area contributed by atoms with Crippen LogP contribution in [0.1, 0.15) is 39.5 Å². The molecule has 0 fully saturated rings. The largest absolute Gasteiger partial charge is 0.481 e. The molecule has 106 valence electrons. The highest BCUT2D eigenvalue weighted by atomic mass is 19.1. The molecule has 1 amide bonds. The van der Waals surface area contributed by atoms with Gasteiger partial charge in [0, 0.05) is 6.04 Å². The summed E-state index contributed by atoms with van der Waals surface area (Å²) in [4.78, 5) is 11.6. The van der Waals surface area contributed by atoms with E-state index in [4.69, 9.17) is 4.74 Å². The van der Waals surface area contributed by atoms with Crippen LogP contribution in [0.5, 0.6) is 5.75 Å². The summed E-state index contributed by atoms with van der Waals surface area (Å²) in [5.74, 6) is -0.560. The van der Waals surface area contributed by atoms with Gasteiger partial charge in [0.2, 0.25) is 0 Å². The van der Waals surface area contributed by atoms with Crippen molar-refractivity contribution in [1.29, 1.82) is 0 Å². The SMILES string of the molecule is CCCCCC(C)NC(=O)COc1ccccc1F. The molecule has 0 aliphatic heterocycles. The number of rotatable bonds is 8. The standard InChI is InChI=1S/C15H22FNO2/c1-3-4-5-8-12(2)17-15(18)11-19-14-10-7-6-9-13(14)16/h6-7,9-10,12H,3-5,8,11H2,1-2H3,(H,17,18). The van der Waals surface area contributed by atoms with E-state index in [1.807, 2.05) is 6.92 Å². The Morgan fingerprint density at radius 1 is 1.37 bits per heavy atom. The fraction of sp³-hybridized carbons (Fsp3) is 0.533. The van der Waals surface area contributed by atoms with Gasteiger partial charge in [-0.25, -0.2) is 4.39 Å². The average Bonchev–Trinajstić information content (AvgIpc) is 2.38. The number of ether oxygens (including phenoxy) is 1. The van der Waals surface area contributed by atoms with Crippen molar-refractivity contribution in [3.05, 3.63) is 30.1 Å². The maximum Gasteiger partial charge on any atom is 0.258 e. The molecule has 19 heavy (non-hydrogen) atoms. The lowest BCUT2D eigenvalue weighted by molar-refractivity contribution is -0.123. The van der Waals surface area contributed by atoms with Gasteiger partial charge in [0.15, 0.2) is 18.2 Å². The van der Waals surface area contributed by atoms with Gasteiger partial charge < -0.3 is 10.1 Å². The average molecular weight is 267 g/mol. The summed E-state index contributed by atoms with van der Waals surface area (Å²) >= 11 is 0. The predicted octanol–water partition coefficient (Wildman–Crippen LogP) is 3.29. The highest BCUT2D eigenvalue weighted by Crippen LogP contribution is 2.14. The van der Waals surface area contributed by atoms with Crippen molar-refractivity contribution in [3.63, 3.8) is 0 Å². The molecule has 0 saturated carbocycles. The van der Waals surface area contributed by atoms with Gasteiger partial charge in [0.1, 0.15) is 0 Å². The predicted molar refractivity (Wildman–Crippen MR) is 73.6 cm³/mol. The minimum absolute atomic E-state index is 0.108. The van der Waals surface area contributed by atoms with Crippen LogP contribution in [0.4, 0.5) is 4.39 Å². The van der Waals surface area contributed by atoms with E-state index >= 15 is 0 Å². The van der Waals surface area contributed by atoms with Gasteiger partial charge in [-0.1, -0.05) is 38.3 Å². The van der Waals surface area contributed by atoms with Crippen LogP contribution < -0.4 is 10.1 Å². The topological polar surface area (TPSA) is 38.3 Å². The summed E-state index contributed by atoms with van der Waals surface area (Å²) < 4.78 is 18.4. The fourth-order valence-electron chi connectivity index (χ4n) is 1.79. The van der Waals surface area contributed by atoms with Crippen LogP contribution in [0, 0.1) is 5.82 Å². The van der Waals surface area contributed by atoms with Crippen molar-refractivity contribution in [2.24, 2.45) is 0 Å². The molecule has 1 N–H and O–H groups in total. The van der Waals surface area contributed by atoms with Gasteiger partial charge >= 0.3 is 0 Å². The third kappa shape index (κ3) is 6.22. The van der Waals surface area contributed by atoms with Gasteiger partial charge in [-0.05, 0) is 25.5 Å². The van der Waals surface area contributed by atoms with Crippen LogP contribution in [0.15, 0.2) is 24.3 Å². The Hall–Kier alpha value is -1.58. The van der Waals surface area contributed by atoms with E-state index in [2.05, 4.69) is 12.2 Å². The van der Waals surface area contributed by atoms with Crippen molar-refractivity contribution < 1.29 is 13.9 Å². The van der Waals surface area contributed by atoms with Crippen LogP contribution >= 0.6 is 0 Å². The molecule has 0 heterocycles. The van der Waals surface area contributed by atoms with Crippen LogP contribution in [0.2, 0.25) is 0 Å². The summed E-state index contributed by atoms with van der Waals surface area (Å²) in [6.45, 7) is 3.96. The van der Waals surface area contributed by atoms with E-state index in [1.54, 1.807) is 12.1 Å². The molecular weight excluding hydrogens is 245 g/mol. The first-order valence-electron chi connectivity index (χ1n) is 6.80. The summed E-state index contributed by atoms with van der Waals surface area (Å²) in [6, 6.07) is 6.19. The molecule has 0 bridgehead atoms. The zero-order valence-electron chi connectivity index (χ0n) is 11.6. The van der Waals surface area contributed by atoms with Crippen molar-refractivity contribution in [2.75, 3.05) is 6.61 Å². The number of hydrogen-bond donors (Lipinski definition) is 1. The molecule has 0 radical (unpaired) electrons. The van der Waals surface area contributed by atoms with Crippen LogP contribution in [0.25, 0.3) is 0 Å². The Kier molecular flexibility index (Phi) is 6.93. The smallest absolute Gasteiger partial charge is 0.258 e. The molecule has 1 unspecified atom stereocenters. The third-order valence-corrected chi connectivity index (χ3v) is 2.84. The normalized spacial score (nSPS) is 11.9. The van der Waals surface area contributed by atoms with E-state index in [0.717, 1.165) is 19.3 Å². The lowest BCUT2D eigenvalue weighted by Crippen LogP contribution is -2.36. The Morgan fingerprint density at radius 2 is 2.11 bits per heavy atom. The van der Waals surface area contributed by atoms with E-state index in [-0.39, 0.29) is 24.3 Å². The quantitative estimate of drug-likeness (QED) is 0.734. The first-order chi connectivity index (χ1) is 9.13. The van der Waals surface area contributed by atoms with Crippen LogP contribution in [-0.4, -0.2) is 18.6 Å². The fourth-order valence-corrected chi connectivity index (χ4v) is 1.79. The molecular formula is C15H22FNO2. The Labute approximate surface area is 114 Å². The number of para-hydroxylation sites is 1. The number of carbonyl (C=O) groups excluding carboxylic acids is 1. The number of hydrogen-bond acceptors (Lipinski definition) is 2. The maximum atomic E-state index is 13.3. The Morgan fingerprint density at radius 3 is 2.79 bits per heavy atom. The number of halogens is 1. The summed E-state index contributed by atoms with van der Waals surface area (Å²) in [7, 11) is 0. The van der Waals surface area contributed by atoms with Crippen LogP contribution in [-0.2, 0) is 4.79 Å². The van der Waals surface area contributed by atoms with E-state index in [0.29, 0.717) is 0 Å². The summed E-state index contributed by atoms with van der Waals surface area (Å²) in [5, 5.41) is 2.84. The van der Waals surface area contributed by atoms with Gasteiger partial charge in [-0.15, -0.1) is 0 Å². The monoisotopic (exact) mass is 267 g/mol. The number of benzene rings is 1. The minimum Gasteiger partial charge on any atom is -0.481 e. The van der Waals surface area contributed by atoms with Gasteiger partial charge in [0.25, 0.3) is 5.91 Å². The minimum atomic E-state index is -0.453. The Balaban J connectivity index is 2.26. The molecule has 1 rings (SSSR count). The molecule has 0 aliphatic rings. The molecule has 0 spiro atoms. The number of carbonyl (C=O) groups is 1.